The Balaban J connectivity index is 1.40. The fraction of sp³-hybridized carbons (Fsp3) is 0.222. The summed E-state index contributed by atoms with van der Waals surface area (Å²) >= 11 is 0. The summed E-state index contributed by atoms with van der Waals surface area (Å²) in [5, 5.41) is 0. The standard InChI is InChI=1S/C27H26N2O4/c1-28(2)20-10-8-18(9-11-20)14-25-26(30)21-12-13-24-22(27(21)33-25)16-29(17-32-24)15-19-6-4-5-7-23(19)31-3/h4-14H,15-17H2,1-3H3/b25-14-. The number of hydrogen-bond acceptors (Lipinski definition) is 6. The van der Waals surface area contributed by atoms with Crippen LogP contribution in [0.25, 0.3) is 6.08 Å². The van der Waals surface area contributed by atoms with E-state index in [0.717, 1.165) is 33.9 Å². The molecule has 0 bridgehead atoms. The topological polar surface area (TPSA) is 51.2 Å². The van der Waals surface area contributed by atoms with Crippen molar-refractivity contribution in [2.24, 2.45) is 0 Å². The number of ether oxygens (including phenoxy) is 3. The number of Topliss-reactive ketones (excluding diaryl/α,β-unsaturated/α-hetero) is 1. The lowest BCUT2D eigenvalue weighted by Gasteiger charge is -2.30. The van der Waals surface area contributed by atoms with Crippen molar-refractivity contribution in [1.82, 2.24) is 4.90 Å². The van der Waals surface area contributed by atoms with E-state index in [1.165, 1.54) is 0 Å². The summed E-state index contributed by atoms with van der Waals surface area (Å²) in [6.45, 7) is 1.75. The molecule has 0 atom stereocenters. The van der Waals surface area contributed by atoms with Crippen LogP contribution >= 0.6 is 0 Å². The summed E-state index contributed by atoms with van der Waals surface area (Å²) in [4.78, 5) is 17.2. The van der Waals surface area contributed by atoms with Crippen LogP contribution in [0.5, 0.6) is 17.2 Å². The Hall–Kier alpha value is -3.77. The summed E-state index contributed by atoms with van der Waals surface area (Å²) in [6, 6.07) is 19.6. The monoisotopic (exact) mass is 442 g/mol. The normalized spacial score (nSPS) is 16.1. The van der Waals surface area contributed by atoms with Crippen LogP contribution in [-0.4, -0.2) is 38.6 Å². The molecule has 0 saturated carbocycles. The van der Waals surface area contributed by atoms with Crippen molar-refractivity contribution in [2.45, 2.75) is 13.1 Å². The minimum Gasteiger partial charge on any atom is -0.496 e. The maximum Gasteiger partial charge on any atom is 0.231 e. The molecule has 6 nitrogen and oxygen atoms in total. The zero-order chi connectivity index (χ0) is 22.9. The summed E-state index contributed by atoms with van der Waals surface area (Å²) in [5.41, 5.74) is 4.57. The van der Waals surface area contributed by atoms with Gasteiger partial charge in [-0.05, 0) is 42.0 Å². The molecule has 6 heteroatoms. The SMILES string of the molecule is COc1ccccc1CN1COc2ccc3c(c2C1)O/C(=C\c1ccc(N(C)C)cc1)C3=O. The number of nitrogens with zero attached hydrogens (tertiary/aromatic N) is 2. The predicted octanol–water partition coefficient (Wildman–Crippen LogP) is 4.73. The van der Waals surface area contributed by atoms with E-state index < -0.39 is 0 Å². The first-order valence-electron chi connectivity index (χ1n) is 10.9. The quantitative estimate of drug-likeness (QED) is 0.533. The van der Waals surface area contributed by atoms with Crippen LogP contribution in [0.4, 0.5) is 5.69 Å². The molecule has 0 fully saturated rings. The van der Waals surface area contributed by atoms with Crippen LogP contribution < -0.4 is 19.1 Å². The molecule has 0 saturated heterocycles. The highest BCUT2D eigenvalue weighted by Crippen LogP contribution is 2.42. The van der Waals surface area contributed by atoms with Crippen molar-refractivity contribution in [2.75, 3.05) is 32.8 Å². The molecule has 33 heavy (non-hydrogen) atoms. The smallest absolute Gasteiger partial charge is 0.231 e. The van der Waals surface area contributed by atoms with Gasteiger partial charge in [0.15, 0.2) is 5.76 Å². The van der Waals surface area contributed by atoms with Gasteiger partial charge in [0, 0.05) is 38.4 Å². The van der Waals surface area contributed by atoms with Gasteiger partial charge in [-0.3, -0.25) is 9.69 Å². The Kier molecular flexibility index (Phi) is 5.52. The summed E-state index contributed by atoms with van der Waals surface area (Å²) < 4.78 is 17.6. The van der Waals surface area contributed by atoms with Crippen molar-refractivity contribution >= 4 is 17.5 Å². The number of rotatable bonds is 5. The zero-order valence-corrected chi connectivity index (χ0v) is 19.0. The molecule has 0 N–H and O–H groups in total. The lowest BCUT2D eigenvalue weighted by Crippen LogP contribution is -2.31. The van der Waals surface area contributed by atoms with Crippen molar-refractivity contribution < 1.29 is 19.0 Å². The number of para-hydroxylation sites is 1. The van der Waals surface area contributed by atoms with E-state index in [4.69, 9.17) is 14.2 Å². The molecule has 2 aliphatic heterocycles. The van der Waals surface area contributed by atoms with Gasteiger partial charge >= 0.3 is 0 Å². The zero-order valence-electron chi connectivity index (χ0n) is 19.0. The molecule has 2 heterocycles. The van der Waals surface area contributed by atoms with E-state index in [-0.39, 0.29) is 5.78 Å². The van der Waals surface area contributed by atoms with Crippen LogP contribution in [-0.2, 0) is 13.1 Å². The number of benzene rings is 3. The molecule has 168 valence electrons. The number of carbonyl (C=O) groups is 1. The largest absolute Gasteiger partial charge is 0.496 e. The van der Waals surface area contributed by atoms with Gasteiger partial charge < -0.3 is 19.1 Å². The maximum absolute atomic E-state index is 13.0. The van der Waals surface area contributed by atoms with Gasteiger partial charge in [-0.15, -0.1) is 0 Å². The fourth-order valence-electron chi connectivity index (χ4n) is 4.20. The number of ketones is 1. The third-order valence-corrected chi connectivity index (χ3v) is 5.98. The van der Waals surface area contributed by atoms with Gasteiger partial charge in [0.25, 0.3) is 0 Å². The number of hydrogen-bond donors (Lipinski definition) is 0. The Labute approximate surface area is 193 Å². The second kappa shape index (κ2) is 8.64. The second-order valence-corrected chi connectivity index (χ2v) is 8.42. The van der Waals surface area contributed by atoms with Gasteiger partial charge in [0.1, 0.15) is 24.0 Å². The molecule has 0 amide bonds. The molecule has 3 aromatic carbocycles. The first-order chi connectivity index (χ1) is 16.0. The predicted molar refractivity (Wildman–Crippen MR) is 128 cm³/mol. The summed E-state index contributed by atoms with van der Waals surface area (Å²) in [6.07, 6.45) is 1.80. The van der Waals surface area contributed by atoms with E-state index in [2.05, 4.69) is 4.90 Å². The second-order valence-electron chi connectivity index (χ2n) is 8.42. The van der Waals surface area contributed by atoms with Crippen LogP contribution in [0.1, 0.15) is 27.0 Å². The molecule has 0 aromatic heterocycles. The van der Waals surface area contributed by atoms with Gasteiger partial charge in [0.2, 0.25) is 5.78 Å². The van der Waals surface area contributed by atoms with Crippen LogP contribution in [0.15, 0.2) is 66.4 Å². The first kappa shape index (κ1) is 21.1. The van der Waals surface area contributed by atoms with Crippen molar-refractivity contribution in [3.05, 3.63) is 88.7 Å². The molecule has 2 aliphatic rings. The van der Waals surface area contributed by atoms with E-state index in [1.807, 2.05) is 73.6 Å². The van der Waals surface area contributed by atoms with Crippen LogP contribution in [0.2, 0.25) is 0 Å². The number of anilines is 1. The Morgan fingerprint density at radius 2 is 1.85 bits per heavy atom. The van der Waals surface area contributed by atoms with E-state index in [0.29, 0.717) is 36.9 Å². The third-order valence-electron chi connectivity index (χ3n) is 5.98. The molecule has 3 aromatic rings. The summed E-state index contributed by atoms with van der Waals surface area (Å²) in [7, 11) is 5.67. The van der Waals surface area contributed by atoms with Crippen LogP contribution in [0, 0.1) is 0 Å². The van der Waals surface area contributed by atoms with E-state index in [1.54, 1.807) is 19.3 Å². The number of methoxy groups -OCH3 is 1. The number of allylic oxidation sites excluding steroid dienone is 1. The minimum absolute atomic E-state index is 0.105. The third kappa shape index (κ3) is 4.05. The first-order valence-corrected chi connectivity index (χ1v) is 10.9. The molecule has 5 rings (SSSR count). The van der Waals surface area contributed by atoms with Gasteiger partial charge in [-0.2, -0.15) is 0 Å². The lowest BCUT2D eigenvalue weighted by molar-refractivity contribution is 0.0865. The van der Waals surface area contributed by atoms with Crippen molar-refractivity contribution in [3.63, 3.8) is 0 Å². The highest BCUT2D eigenvalue weighted by atomic mass is 16.5. The number of carbonyl (C=O) groups excluding carboxylic acids is 1. The highest BCUT2D eigenvalue weighted by Gasteiger charge is 2.33. The summed E-state index contributed by atoms with van der Waals surface area (Å²) in [5.74, 6) is 2.43. The molecular formula is C27H26N2O4. The van der Waals surface area contributed by atoms with E-state index in [9.17, 15) is 4.79 Å². The van der Waals surface area contributed by atoms with Crippen molar-refractivity contribution in [1.29, 1.82) is 0 Å². The molecule has 0 aliphatic carbocycles. The van der Waals surface area contributed by atoms with E-state index >= 15 is 0 Å². The number of fused-ring (bicyclic) bond motifs is 3. The van der Waals surface area contributed by atoms with Gasteiger partial charge in [-0.1, -0.05) is 30.3 Å². The van der Waals surface area contributed by atoms with Gasteiger partial charge in [-0.25, -0.2) is 0 Å². The maximum atomic E-state index is 13.0. The highest BCUT2D eigenvalue weighted by molar-refractivity contribution is 6.15. The average Bonchev–Trinajstić information content (AvgIpc) is 3.15. The molecule has 0 radical (unpaired) electrons. The molecule has 0 spiro atoms. The Bertz CT molecular complexity index is 1230. The Morgan fingerprint density at radius 1 is 1.06 bits per heavy atom. The fourth-order valence-corrected chi connectivity index (χ4v) is 4.20. The molecule has 0 unspecified atom stereocenters. The lowest BCUT2D eigenvalue weighted by atomic mass is 10.0. The molecular weight excluding hydrogens is 416 g/mol. The Morgan fingerprint density at radius 3 is 2.61 bits per heavy atom. The average molecular weight is 443 g/mol. The van der Waals surface area contributed by atoms with Gasteiger partial charge in [0.05, 0.1) is 18.2 Å². The van der Waals surface area contributed by atoms with Crippen LogP contribution in [0.3, 0.4) is 0 Å². The van der Waals surface area contributed by atoms with Crippen molar-refractivity contribution in [3.8, 4) is 17.2 Å². The minimum atomic E-state index is -0.105.